The fourth-order valence-electron chi connectivity index (χ4n) is 1.59. The molecule has 1 aromatic heterocycles. The fourth-order valence-corrected chi connectivity index (χ4v) is 1.59. The van der Waals surface area contributed by atoms with Crippen molar-refractivity contribution in [3.05, 3.63) is 35.2 Å². The van der Waals surface area contributed by atoms with Gasteiger partial charge in [-0.2, -0.15) is 5.21 Å². The van der Waals surface area contributed by atoms with E-state index in [9.17, 15) is 9.90 Å². The van der Waals surface area contributed by atoms with Crippen LogP contribution in [0, 0.1) is 6.92 Å². The topological polar surface area (TPSA) is 104 Å². The van der Waals surface area contributed by atoms with E-state index in [1.807, 2.05) is 0 Å². The number of nitrogens with zero attached hydrogens (tertiary/aromatic N) is 3. The molecule has 0 saturated carbocycles. The number of carbonyl (C=O) groups excluding carboxylic acids is 1. The SMILES string of the molecule is Cc1cc(O)ccc1C(=O)NC(C)c1nn[nH]n1. The van der Waals surface area contributed by atoms with Crippen molar-refractivity contribution < 1.29 is 9.90 Å². The summed E-state index contributed by atoms with van der Waals surface area (Å²) in [6, 6.07) is 4.24. The molecule has 1 amide bonds. The third kappa shape index (κ3) is 2.45. The summed E-state index contributed by atoms with van der Waals surface area (Å²) in [5.41, 5.74) is 1.20. The quantitative estimate of drug-likeness (QED) is 0.740. The van der Waals surface area contributed by atoms with Gasteiger partial charge >= 0.3 is 0 Å². The molecule has 0 bridgehead atoms. The third-order valence-corrected chi connectivity index (χ3v) is 2.55. The number of nitrogens with one attached hydrogen (secondary N) is 2. The van der Waals surface area contributed by atoms with Crippen molar-refractivity contribution in [2.45, 2.75) is 19.9 Å². The van der Waals surface area contributed by atoms with Crippen molar-refractivity contribution in [3.63, 3.8) is 0 Å². The summed E-state index contributed by atoms with van der Waals surface area (Å²) in [6.07, 6.45) is 0. The number of amides is 1. The zero-order valence-corrected chi connectivity index (χ0v) is 10.0. The lowest BCUT2D eigenvalue weighted by Gasteiger charge is -2.11. The lowest BCUT2D eigenvalue weighted by Crippen LogP contribution is -2.28. The Morgan fingerprint density at radius 1 is 1.50 bits per heavy atom. The number of aromatic hydroxyl groups is 1. The van der Waals surface area contributed by atoms with Crippen LogP contribution < -0.4 is 5.32 Å². The van der Waals surface area contributed by atoms with E-state index in [0.29, 0.717) is 17.0 Å². The largest absolute Gasteiger partial charge is 0.508 e. The zero-order valence-electron chi connectivity index (χ0n) is 10.0. The highest BCUT2D eigenvalue weighted by atomic mass is 16.3. The van der Waals surface area contributed by atoms with Gasteiger partial charge in [-0.1, -0.05) is 5.21 Å². The van der Waals surface area contributed by atoms with Gasteiger partial charge in [-0.15, -0.1) is 10.2 Å². The Balaban J connectivity index is 2.12. The molecule has 7 heteroatoms. The van der Waals surface area contributed by atoms with Crippen molar-refractivity contribution in [1.29, 1.82) is 0 Å². The summed E-state index contributed by atoms with van der Waals surface area (Å²) in [5.74, 6) is 0.305. The first-order valence-electron chi connectivity index (χ1n) is 5.41. The molecule has 0 fully saturated rings. The van der Waals surface area contributed by atoms with Crippen LogP contribution in [-0.4, -0.2) is 31.6 Å². The predicted molar refractivity (Wildman–Crippen MR) is 62.9 cm³/mol. The number of phenols is 1. The van der Waals surface area contributed by atoms with Gasteiger partial charge in [0.2, 0.25) is 0 Å². The average molecular weight is 247 g/mol. The molecule has 1 heterocycles. The maximum atomic E-state index is 12.0. The molecule has 2 rings (SSSR count). The molecule has 0 saturated heterocycles. The van der Waals surface area contributed by atoms with Crippen LogP contribution >= 0.6 is 0 Å². The summed E-state index contributed by atoms with van der Waals surface area (Å²) in [4.78, 5) is 12.0. The lowest BCUT2D eigenvalue weighted by molar-refractivity contribution is 0.0937. The Bertz CT molecular complexity index is 553. The van der Waals surface area contributed by atoms with E-state index < -0.39 is 0 Å². The molecule has 1 atom stereocenters. The Hall–Kier alpha value is -2.44. The van der Waals surface area contributed by atoms with E-state index in [0.717, 1.165) is 0 Å². The Kier molecular flexibility index (Phi) is 3.22. The van der Waals surface area contributed by atoms with Crippen LogP contribution in [0.1, 0.15) is 34.7 Å². The molecule has 2 aromatic rings. The molecule has 0 spiro atoms. The molecular formula is C11H13N5O2. The van der Waals surface area contributed by atoms with E-state index >= 15 is 0 Å². The van der Waals surface area contributed by atoms with E-state index in [-0.39, 0.29) is 17.7 Å². The minimum absolute atomic E-state index is 0.135. The minimum Gasteiger partial charge on any atom is -0.508 e. The predicted octanol–water partition coefficient (Wildman–Crippen LogP) is 0.705. The van der Waals surface area contributed by atoms with Gasteiger partial charge in [0.25, 0.3) is 5.91 Å². The number of hydrogen-bond donors (Lipinski definition) is 3. The minimum atomic E-state index is -0.343. The van der Waals surface area contributed by atoms with Gasteiger partial charge in [0.05, 0.1) is 6.04 Å². The maximum Gasteiger partial charge on any atom is 0.252 e. The number of H-pyrrole nitrogens is 1. The normalized spacial score (nSPS) is 12.1. The zero-order chi connectivity index (χ0) is 13.1. The highest BCUT2D eigenvalue weighted by molar-refractivity contribution is 5.95. The average Bonchev–Trinajstić information content (AvgIpc) is 2.81. The number of aromatic amines is 1. The number of hydrogen-bond acceptors (Lipinski definition) is 5. The summed E-state index contributed by atoms with van der Waals surface area (Å²) < 4.78 is 0. The number of rotatable bonds is 3. The standard InChI is InChI=1S/C11H13N5O2/c1-6-5-8(17)3-4-9(6)11(18)12-7(2)10-13-15-16-14-10/h3-5,7,17H,1-2H3,(H,12,18)(H,13,14,15,16). The first-order valence-corrected chi connectivity index (χ1v) is 5.41. The van der Waals surface area contributed by atoms with Gasteiger partial charge < -0.3 is 10.4 Å². The van der Waals surface area contributed by atoms with Crippen LogP contribution in [0.2, 0.25) is 0 Å². The molecule has 0 radical (unpaired) electrons. The smallest absolute Gasteiger partial charge is 0.252 e. The molecule has 0 aliphatic carbocycles. The second-order valence-corrected chi connectivity index (χ2v) is 3.96. The molecule has 3 N–H and O–H groups in total. The van der Waals surface area contributed by atoms with E-state index in [1.165, 1.54) is 12.1 Å². The van der Waals surface area contributed by atoms with Gasteiger partial charge in [0.15, 0.2) is 5.82 Å². The van der Waals surface area contributed by atoms with Crippen molar-refractivity contribution in [1.82, 2.24) is 25.9 Å². The van der Waals surface area contributed by atoms with E-state index in [1.54, 1.807) is 19.9 Å². The van der Waals surface area contributed by atoms with Crippen molar-refractivity contribution >= 4 is 5.91 Å². The monoisotopic (exact) mass is 247 g/mol. The number of tetrazole rings is 1. The summed E-state index contributed by atoms with van der Waals surface area (Å²) in [5, 5.41) is 25.4. The fraction of sp³-hybridized carbons (Fsp3) is 0.273. The summed E-state index contributed by atoms with van der Waals surface area (Å²) in [6.45, 7) is 3.52. The first kappa shape index (κ1) is 12.0. The van der Waals surface area contributed by atoms with Crippen LogP contribution in [0.4, 0.5) is 0 Å². The molecule has 0 aliphatic rings. The number of benzene rings is 1. The highest BCUT2D eigenvalue weighted by Gasteiger charge is 2.16. The molecule has 18 heavy (non-hydrogen) atoms. The molecular weight excluding hydrogens is 234 g/mol. The number of carbonyl (C=O) groups is 1. The van der Waals surface area contributed by atoms with Gasteiger partial charge in [-0.05, 0) is 37.6 Å². The number of aryl methyl sites for hydroxylation is 1. The van der Waals surface area contributed by atoms with Gasteiger partial charge in [0, 0.05) is 5.56 Å². The highest BCUT2D eigenvalue weighted by Crippen LogP contribution is 2.16. The molecule has 0 aliphatic heterocycles. The van der Waals surface area contributed by atoms with Gasteiger partial charge in [0.1, 0.15) is 5.75 Å². The maximum absolute atomic E-state index is 12.0. The van der Waals surface area contributed by atoms with Crippen LogP contribution in [0.3, 0.4) is 0 Å². The Labute approximate surface area is 103 Å². The first-order chi connectivity index (χ1) is 8.58. The van der Waals surface area contributed by atoms with Crippen molar-refractivity contribution in [3.8, 4) is 5.75 Å². The Morgan fingerprint density at radius 2 is 2.28 bits per heavy atom. The van der Waals surface area contributed by atoms with Crippen LogP contribution in [0.5, 0.6) is 5.75 Å². The van der Waals surface area contributed by atoms with Gasteiger partial charge in [-0.3, -0.25) is 4.79 Å². The Morgan fingerprint density at radius 3 is 2.89 bits per heavy atom. The number of phenolic OH excluding ortho intramolecular Hbond substituents is 1. The second-order valence-electron chi connectivity index (χ2n) is 3.96. The van der Waals surface area contributed by atoms with E-state index in [2.05, 4.69) is 25.9 Å². The van der Waals surface area contributed by atoms with Crippen LogP contribution in [0.25, 0.3) is 0 Å². The summed E-state index contributed by atoms with van der Waals surface area (Å²) in [7, 11) is 0. The van der Waals surface area contributed by atoms with Crippen LogP contribution in [0.15, 0.2) is 18.2 Å². The molecule has 1 aromatic carbocycles. The van der Waals surface area contributed by atoms with Gasteiger partial charge in [-0.25, -0.2) is 0 Å². The lowest BCUT2D eigenvalue weighted by atomic mass is 10.1. The van der Waals surface area contributed by atoms with Crippen molar-refractivity contribution in [2.24, 2.45) is 0 Å². The summed E-state index contributed by atoms with van der Waals surface area (Å²) >= 11 is 0. The van der Waals surface area contributed by atoms with E-state index in [4.69, 9.17) is 0 Å². The number of aromatic nitrogens is 4. The molecule has 7 nitrogen and oxygen atoms in total. The molecule has 94 valence electrons. The third-order valence-electron chi connectivity index (χ3n) is 2.55. The van der Waals surface area contributed by atoms with Crippen molar-refractivity contribution in [2.75, 3.05) is 0 Å². The molecule has 1 unspecified atom stereocenters. The van der Waals surface area contributed by atoms with Crippen LogP contribution in [-0.2, 0) is 0 Å². The second kappa shape index (κ2) is 4.82.